The molecule has 2 heterocycles. The molecular formula is C23H31N5O2. The van der Waals surface area contributed by atoms with Crippen molar-refractivity contribution < 1.29 is 9.53 Å². The quantitative estimate of drug-likeness (QED) is 0.724. The molecule has 1 fully saturated rings. The number of benzene rings is 1. The first kappa shape index (κ1) is 20.6. The Labute approximate surface area is 178 Å². The third-order valence-electron chi connectivity index (χ3n) is 6.11. The Morgan fingerprint density at radius 2 is 2.03 bits per heavy atom. The fraction of sp³-hybridized carbons (Fsp3) is 0.522. The van der Waals surface area contributed by atoms with Gasteiger partial charge in [0.25, 0.3) is 0 Å². The van der Waals surface area contributed by atoms with Crippen LogP contribution in [0, 0.1) is 5.92 Å². The van der Waals surface area contributed by atoms with E-state index in [1.807, 2.05) is 12.1 Å². The van der Waals surface area contributed by atoms with Gasteiger partial charge >= 0.3 is 0 Å². The minimum absolute atomic E-state index is 0.201. The summed E-state index contributed by atoms with van der Waals surface area (Å²) in [6.45, 7) is 4.40. The predicted molar refractivity (Wildman–Crippen MR) is 116 cm³/mol. The Morgan fingerprint density at radius 1 is 1.20 bits per heavy atom. The van der Waals surface area contributed by atoms with Gasteiger partial charge in [0, 0.05) is 51.5 Å². The van der Waals surface area contributed by atoms with E-state index < -0.39 is 0 Å². The third kappa shape index (κ3) is 5.08. The molecule has 0 saturated heterocycles. The van der Waals surface area contributed by atoms with Crippen LogP contribution in [0.4, 0.5) is 0 Å². The molecule has 1 aliphatic heterocycles. The summed E-state index contributed by atoms with van der Waals surface area (Å²) in [6.07, 6.45) is 9.26. The van der Waals surface area contributed by atoms with Crippen LogP contribution in [0.15, 0.2) is 30.3 Å². The van der Waals surface area contributed by atoms with E-state index >= 15 is 0 Å². The largest absolute Gasteiger partial charge is 0.497 e. The highest BCUT2D eigenvalue weighted by atomic mass is 16.5. The monoisotopic (exact) mass is 409 g/mol. The lowest BCUT2D eigenvalue weighted by Gasteiger charge is -2.23. The first-order chi connectivity index (χ1) is 14.7. The van der Waals surface area contributed by atoms with Crippen LogP contribution in [0.2, 0.25) is 0 Å². The first-order valence-electron chi connectivity index (χ1n) is 10.9. The van der Waals surface area contributed by atoms with Crippen molar-refractivity contribution in [3.63, 3.8) is 0 Å². The summed E-state index contributed by atoms with van der Waals surface area (Å²) in [4.78, 5) is 14.4. The highest BCUT2D eigenvalue weighted by Crippen LogP contribution is 2.26. The van der Waals surface area contributed by atoms with Crippen molar-refractivity contribution in [2.24, 2.45) is 5.92 Å². The molecule has 160 valence electrons. The van der Waals surface area contributed by atoms with Gasteiger partial charge in [0.05, 0.1) is 7.11 Å². The summed E-state index contributed by atoms with van der Waals surface area (Å²) in [5, 5.41) is 11.8. The number of nitrogens with one attached hydrogen (secondary N) is 1. The lowest BCUT2D eigenvalue weighted by atomic mass is 9.85. The second-order valence-corrected chi connectivity index (χ2v) is 8.08. The van der Waals surface area contributed by atoms with E-state index in [-0.39, 0.29) is 11.8 Å². The number of carbonyl (C=O) groups is 1. The van der Waals surface area contributed by atoms with Gasteiger partial charge in [-0.1, -0.05) is 30.7 Å². The van der Waals surface area contributed by atoms with E-state index in [1.165, 1.54) is 12.0 Å². The van der Waals surface area contributed by atoms with E-state index in [0.29, 0.717) is 6.54 Å². The van der Waals surface area contributed by atoms with Gasteiger partial charge in [-0.3, -0.25) is 9.69 Å². The molecule has 0 bridgehead atoms. The molecule has 0 unspecified atom stereocenters. The van der Waals surface area contributed by atoms with Crippen molar-refractivity contribution in [1.82, 2.24) is 25.0 Å². The van der Waals surface area contributed by atoms with Crippen LogP contribution >= 0.6 is 0 Å². The standard InChI is InChI=1S/C23H31N5O2/c1-30-20-9-7-18(8-10-20)4-3-14-27-15-12-22-26-25-21(28(22)17-16-27)11-13-24-23(29)19-5-2-6-19/h3-4,7-10,19H,2,5-6,11-17H2,1H3,(H,24,29). The van der Waals surface area contributed by atoms with Crippen LogP contribution in [0.3, 0.4) is 0 Å². The van der Waals surface area contributed by atoms with Crippen molar-refractivity contribution in [3.05, 3.63) is 47.6 Å². The number of fused-ring (bicyclic) bond motifs is 1. The number of rotatable bonds is 8. The Balaban J connectivity index is 1.25. The number of amides is 1. The first-order valence-corrected chi connectivity index (χ1v) is 10.9. The lowest BCUT2D eigenvalue weighted by molar-refractivity contribution is -0.127. The van der Waals surface area contributed by atoms with Gasteiger partial charge in [-0.05, 0) is 30.5 Å². The van der Waals surface area contributed by atoms with Gasteiger partial charge in [-0.2, -0.15) is 0 Å². The Bertz CT molecular complexity index is 870. The molecule has 0 atom stereocenters. The average molecular weight is 410 g/mol. The molecule has 7 heteroatoms. The van der Waals surface area contributed by atoms with Gasteiger partial charge in [0.15, 0.2) is 0 Å². The van der Waals surface area contributed by atoms with E-state index in [1.54, 1.807) is 7.11 Å². The van der Waals surface area contributed by atoms with Crippen molar-refractivity contribution >= 4 is 12.0 Å². The summed E-state index contributed by atoms with van der Waals surface area (Å²) in [5.41, 5.74) is 1.17. The zero-order chi connectivity index (χ0) is 20.8. The molecule has 1 aromatic carbocycles. The molecule has 2 aromatic rings. The fourth-order valence-electron chi connectivity index (χ4n) is 3.96. The van der Waals surface area contributed by atoms with Gasteiger partial charge in [0.2, 0.25) is 5.91 Å². The summed E-state index contributed by atoms with van der Waals surface area (Å²) in [6, 6.07) is 8.09. The number of nitrogens with zero attached hydrogens (tertiary/aromatic N) is 4. The second kappa shape index (κ2) is 9.89. The van der Waals surface area contributed by atoms with E-state index in [4.69, 9.17) is 4.74 Å². The summed E-state index contributed by atoms with van der Waals surface area (Å²) < 4.78 is 7.44. The van der Waals surface area contributed by atoms with Crippen LogP contribution in [0.1, 0.15) is 36.5 Å². The second-order valence-electron chi connectivity index (χ2n) is 8.08. The summed E-state index contributed by atoms with van der Waals surface area (Å²) in [7, 11) is 1.68. The number of hydrogen-bond acceptors (Lipinski definition) is 5. The molecule has 1 aromatic heterocycles. The van der Waals surface area contributed by atoms with Crippen LogP contribution in [0.25, 0.3) is 6.08 Å². The number of hydrogen-bond donors (Lipinski definition) is 1. The number of methoxy groups -OCH3 is 1. The number of carbonyl (C=O) groups excluding carboxylic acids is 1. The van der Waals surface area contributed by atoms with Crippen LogP contribution in [-0.4, -0.2) is 58.9 Å². The molecule has 1 N–H and O–H groups in total. The van der Waals surface area contributed by atoms with Crippen LogP contribution in [-0.2, 0) is 24.2 Å². The van der Waals surface area contributed by atoms with Crippen LogP contribution < -0.4 is 10.1 Å². The molecule has 4 rings (SSSR count). The Hall–Kier alpha value is -2.67. The average Bonchev–Trinajstić information content (AvgIpc) is 2.98. The van der Waals surface area contributed by atoms with Gasteiger partial charge in [-0.25, -0.2) is 0 Å². The van der Waals surface area contributed by atoms with Crippen LogP contribution in [0.5, 0.6) is 5.75 Å². The van der Waals surface area contributed by atoms with Gasteiger partial charge in [-0.15, -0.1) is 10.2 Å². The molecular weight excluding hydrogens is 378 g/mol. The lowest BCUT2D eigenvalue weighted by Crippen LogP contribution is -2.35. The topological polar surface area (TPSA) is 72.3 Å². The normalized spacial score (nSPS) is 17.4. The Kier molecular flexibility index (Phi) is 6.79. The SMILES string of the molecule is COc1ccc(C=CCN2CCc3nnc(CCNC(=O)C4CCC4)n3CC2)cc1. The maximum Gasteiger partial charge on any atom is 0.223 e. The minimum atomic E-state index is 0.201. The molecule has 7 nitrogen and oxygen atoms in total. The molecule has 30 heavy (non-hydrogen) atoms. The zero-order valence-electron chi connectivity index (χ0n) is 17.7. The smallest absolute Gasteiger partial charge is 0.223 e. The van der Waals surface area contributed by atoms with Crippen molar-refractivity contribution in [3.8, 4) is 5.75 Å². The fourth-order valence-corrected chi connectivity index (χ4v) is 3.96. The van der Waals surface area contributed by atoms with E-state index in [9.17, 15) is 4.79 Å². The molecule has 2 aliphatic rings. The molecule has 0 spiro atoms. The van der Waals surface area contributed by atoms with Crippen molar-refractivity contribution in [2.75, 3.05) is 33.3 Å². The highest BCUT2D eigenvalue weighted by molar-refractivity contribution is 5.79. The van der Waals surface area contributed by atoms with Crippen molar-refractivity contribution in [2.45, 2.75) is 38.6 Å². The highest BCUT2D eigenvalue weighted by Gasteiger charge is 2.25. The molecule has 1 amide bonds. The maximum absolute atomic E-state index is 12.0. The minimum Gasteiger partial charge on any atom is -0.497 e. The number of ether oxygens (including phenoxy) is 1. The van der Waals surface area contributed by atoms with Gasteiger partial charge in [0.1, 0.15) is 17.4 Å². The Morgan fingerprint density at radius 3 is 2.77 bits per heavy atom. The zero-order valence-corrected chi connectivity index (χ0v) is 17.7. The van der Waals surface area contributed by atoms with E-state index in [2.05, 4.69) is 49.3 Å². The van der Waals surface area contributed by atoms with E-state index in [0.717, 1.165) is 69.3 Å². The molecule has 0 radical (unpaired) electrons. The van der Waals surface area contributed by atoms with Crippen molar-refractivity contribution in [1.29, 1.82) is 0 Å². The molecule has 1 aliphatic carbocycles. The summed E-state index contributed by atoms with van der Waals surface area (Å²) in [5.74, 6) is 3.35. The van der Waals surface area contributed by atoms with Gasteiger partial charge < -0.3 is 14.6 Å². The molecule has 1 saturated carbocycles. The number of aromatic nitrogens is 3. The third-order valence-corrected chi connectivity index (χ3v) is 6.11. The maximum atomic E-state index is 12.0. The summed E-state index contributed by atoms with van der Waals surface area (Å²) >= 11 is 0. The predicted octanol–water partition coefficient (Wildman–Crippen LogP) is 2.32.